The van der Waals surface area contributed by atoms with Crippen molar-refractivity contribution in [2.24, 2.45) is 0 Å². The highest BCUT2D eigenvalue weighted by Crippen LogP contribution is 2.00. The molecule has 0 saturated heterocycles. The molecule has 1 atom stereocenters. The summed E-state index contributed by atoms with van der Waals surface area (Å²) in [4.78, 5) is 25.1. The van der Waals surface area contributed by atoms with Gasteiger partial charge in [0.05, 0.1) is 0 Å². The van der Waals surface area contributed by atoms with Crippen molar-refractivity contribution < 1.29 is 4.79 Å². The molecule has 0 aliphatic heterocycles. The summed E-state index contributed by atoms with van der Waals surface area (Å²) >= 11 is 5.56. The van der Waals surface area contributed by atoms with Gasteiger partial charge in [-0.1, -0.05) is 0 Å². The molecule has 88 valence electrons. The first-order chi connectivity index (χ1) is 7.63. The molecule has 0 spiro atoms. The number of rotatable bonds is 5. The van der Waals surface area contributed by atoms with Crippen LogP contribution in [-0.2, 0) is 0 Å². The molecule has 16 heavy (non-hydrogen) atoms. The van der Waals surface area contributed by atoms with Crippen molar-refractivity contribution in [2.75, 3.05) is 5.88 Å². The van der Waals surface area contributed by atoms with Gasteiger partial charge in [0.25, 0.3) is 5.91 Å². The normalized spacial score (nSPS) is 12.1. The lowest BCUT2D eigenvalue weighted by Gasteiger charge is -2.12. The first-order valence-electron chi connectivity index (χ1n) is 5.19. The number of aromatic nitrogens is 1. The Labute approximate surface area is 99.0 Å². The maximum absolute atomic E-state index is 11.7. The fourth-order valence-corrected chi connectivity index (χ4v) is 1.50. The Morgan fingerprint density at radius 2 is 2.38 bits per heavy atom. The highest BCUT2D eigenvalue weighted by Gasteiger charge is 2.09. The third kappa shape index (κ3) is 4.06. The molecule has 0 aliphatic rings. The van der Waals surface area contributed by atoms with Crippen molar-refractivity contribution >= 4 is 17.5 Å². The van der Waals surface area contributed by atoms with Gasteiger partial charge in [-0.3, -0.25) is 9.59 Å². The maximum Gasteiger partial charge on any atom is 0.251 e. The lowest BCUT2D eigenvalue weighted by Crippen LogP contribution is -2.33. The van der Waals surface area contributed by atoms with Gasteiger partial charge in [-0.15, -0.1) is 11.6 Å². The van der Waals surface area contributed by atoms with E-state index >= 15 is 0 Å². The highest BCUT2D eigenvalue weighted by molar-refractivity contribution is 6.17. The van der Waals surface area contributed by atoms with Crippen molar-refractivity contribution in [3.8, 4) is 0 Å². The van der Waals surface area contributed by atoms with E-state index in [-0.39, 0.29) is 17.5 Å². The molecule has 5 heteroatoms. The van der Waals surface area contributed by atoms with E-state index in [1.54, 1.807) is 6.07 Å². The van der Waals surface area contributed by atoms with Crippen LogP contribution in [0.4, 0.5) is 0 Å². The molecule has 0 radical (unpaired) electrons. The Bertz CT molecular complexity index is 403. The van der Waals surface area contributed by atoms with Crippen LogP contribution < -0.4 is 10.9 Å². The minimum absolute atomic E-state index is 0.0607. The lowest BCUT2D eigenvalue weighted by molar-refractivity contribution is 0.0938. The standard InChI is InChI=1S/C11H15ClN2O2/c1-8(3-2-5-12)14-11(16)9-4-6-13-10(15)7-9/h4,6-8H,2-3,5H2,1H3,(H,13,15)(H,14,16). The SMILES string of the molecule is CC(CCCCl)NC(=O)c1cc[nH]c(=O)c1. The maximum atomic E-state index is 11.7. The van der Waals surface area contributed by atoms with E-state index in [9.17, 15) is 9.59 Å². The number of carbonyl (C=O) groups excluding carboxylic acids is 1. The summed E-state index contributed by atoms with van der Waals surface area (Å²) in [6.07, 6.45) is 3.15. The molecule has 1 heterocycles. The van der Waals surface area contributed by atoms with Gasteiger partial charge in [0.15, 0.2) is 0 Å². The monoisotopic (exact) mass is 242 g/mol. The predicted octanol–water partition coefficient (Wildman–Crippen LogP) is 1.51. The molecule has 0 aromatic carbocycles. The Balaban J connectivity index is 2.55. The first kappa shape index (κ1) is 12.8. The van der Waals surface area contributed by atoms with Crippen molar-refractivity contribution in [2.45, 2.75) is 25.8 Å². The third-order valence-electron chi connectivity index (χ3n) is 2.19. The van der Waals surface area contributed by atoms with Gasteiger partial charge in [0, 0.05) is 29.7 Å². The van der Waals surface area contributed by atoms with Crippen LogP contribution in [0.1, 0.15) is 30.1 Å². The predicted molar refractivity (Wildman–Crippen MR) is 63.9 cm³/mol. The number of carbonyl (C=O) groups is 1. The van der Waals surface area contributed by atoms with Gasteiger partial charge in [-0.2, -0.15) is 0 Å². The third-order valence-corrected chi connectivity index (χ3v) is 2.45. The van der Waals surface area contributed by atoms with Crippen LogP contribution in [0.25, 0.3) is 0 Å². The number of aromatic amines is 1. The van der Waals surface area contributed by atoms with Crippen molar-refractivity contribution in [1.82, 2.24) is 10.3 Å². The second kappa shape index (κ2) is 6.33. The number of hydrogen-bond donors (Lipinski definition) is 2. The van der Waals surface area contributed by atoms with Gasteiger partial charge in [0.2, 0.25) is 5.56 Å². The second-order valence-corrected chi connectivity index (χ2v) is 4.03. The quantitative estimate of drug-likeness (QED) is 0.769. The van der Waals surface area contributed by atoms with E-state index in [0.29, 0.717) is 11.4 Å². The van der Waals surface area contributed by atoms with Crippen molar-refractivity contribution in [1.29, 1.82) is 0 Å². The minimum atomic E-state index is -0.277. The van der Waals surface area contributed by atoms with Crippen molar-refractivity contribution in [3.63, 3.8) is 0 Å². The van der Waals surface area contributed by atoms with Crippen LogP contribution in [-0.4, -0.2) is 22.8 Å². The molecule has 0 bridgehead atoms. The van der Waals surface area contributed by atoms with Crippen LogP contribution >= 0.6 is 11.6 Å². The molecule has 1 aromatic rings. The minimum Gasteiger partial charge on any atom is -0.350 e. The van der Waals surface area contributed by atoms with Crippen LogP contribution in [0.3, 0.4) is 0 Å². The van der Waals surface area contributed by atoms with Gasteiger partial charge < -0.3 is 10.3 Å². The van der Waals surface area contributed by atoms with Crippen LogP contribution in [0.5, 0.6) is 0 Å². The molecule has 1 rings (SSSR count). The Kier molecular flexibility index (Phi) is 5.05. The lowest BCUT2D eigenvalue weighted by atomic mass is 10.1. The van der Waals surface area contributed by atoms with E-state index in [1.807, 2.05) is 6.92 Å². The summed E-state index contributed by atoms with van der Waals surface area (Å²) in [7, 11) is 0. The number of halogens is 1. The number of hydrogen-bond acceptors (Lipinski definition) is 2. The molecule has 1 unspecified atom stereocenters. The van der Waals surface area contributed by atoms with Gasteiger partial charge in [0.1, 0.15) is 0 Å². The molecule has 0 saturated carbocycles. The average Bonchev–Trinajstić information content (AvgIpc) is 2.26. The number of nitrogens with one attached hydrogen (secondary N) is 2. The molecule has 0 aliphatic carbocycles. The van der Waals surface area contributed by atoms with E-state index < -0.39 is 0 Å². The molecule has 4 nitrogen and oxygen atoms in total. The number of pyridine rings is 1. The highest BCUT2D eigenvalue weighted by atomic mass is 35.5. The summed E-state index contributed by atoms with van der Waals surface area (Å²) in [5.74, 6) is 0.360. The van der Waals surface area contributed by atoms with Crippen LogP contribution in [0.15, 0.2) is 23.1 Å². The summed E-state index contributed by atoms with van der Waals surface area (Å²) < 4.78 is 0. The van der Waals surface area contributed by atoms with Crippen LogP contribution in [0, 0.1) is 0 Å². The molecular weight excluding hydrogens is 228 g/mol. The molecule has 2 N–H and O–H groups in total. The van der Waals surface area contributed by atoms with Gasteiger partial charge in [-0.05, 0) is 25.8 Å². The van der Waals surface area contributed by atoms with Gasteiger partial charge >= 0.3 is 0 Å². The van der Waals surface area contributed by atoms with E-state index in [0.717, 1.165) is 12.8 Å². The number of amides is 1. The molecular formula is C11H15ClN2O2. The molecule has 1 aromatic heterocycles. The average molecular weight is 243 g/mol. The zero-order chi connectivity index (χ0) is 12.0. The summed E-state index contributed by atoms with van der Waals surface area (Å²) in [6, 6.07) is 2.92. The topological polar surface area (TPSA) is 62.0 Å². The Hall–Kier alpha value is -1.29. The summed E-state index contributed by atoms with van der Waals surface area (Å²) in [5.41, 5.74) is 0.0996. The largest absolute Gasteiger partial charge is 0.350 e. The zero-order valence-corrected chi connectivity index (χ0v) is 9.88. The summed E-state index contributed by atoms with van der Waals surface area (Å²) in [6.45, 7) is 1.91. The fourth-order valence-electron chi connectivity index (χ4n) is 1.35. The Morgan fingerprint density at radius 1 is 1.62 bits per heavy atom. The zero-order valence-electron chi connectivity index (χ0n) is 9.13. The van der Waals surface area contributed by atoms with E-state index in [2.05, 4.69) is 10.3 Å². The van der Waals surface area contributed by atoms with Crippen molar-refractivity contribution in [3.05, 3.63) is 34.2 Å². The molecule has 0 fully saturated rings. The van der Waals surface area contributed by atoms with Gasteiger partial charge in [-0.25, -0.2) is 0 Å². The fraction of sp³-hybridized carbons (Fsp3) is 0.455. The summed E-state index contributed by atoms with van der Waals surface area (Å²) in [5, 5.41) is 2.81. The second-order valence-electron chi connectivity index (χ2n) is 3.65. The van der Waals surface area contributed by atoms with Crippen LogP contribution in [0.2, 0.25) is 0 Å². The molecule has 1 amide bonds. The van der Waals surface area contributed by atoms with E-state index in [4.69, 9.17) is 11.6 Å². The first-order valence-corrected chi connectivity index (χ1v) is 5.72. The number of H-pyrrole nitrogens is 1. The smallest absolute Gasteiger partial charge is 0.251 e. The number of alkyl halides is 1. The van der Waals surface area contributed by atoms with E-state index in [1.165, 1.54) is 12.3 Å². The Morgan fingerprint density at radius 3 is 3.00 bits per heavy atom.